The highest BCUT2D eigenvalue weighted by Crippen LogP contribution is 2.40. The molecule has 21 heavy (non-hydrogen) atoms. The number of nitrogens with one attached hydrogen (secondary N) is 1. The maximum Gasteiger partial charge on any atom is 0.216 e. The summed E-state index contributed by atoms with van der Waals surface area (Å²) in [7, 11) is 1.66. The number of nitrogens with zero attached hydrogens (tertiary/aromatic N) is 2. The first-order valence-electron chi connectivity index (χ1n) is 8.39. The second-order valence-electron chi connectivity index (χ2n) is 6.03. The van der Waals surface area contributed by atoms with Gasteiger partial charge in [0.15, 0.2) is 0 Å². The van der Waals surface area contributed by atoms with Crippen LogP contribution in [0.25, 0.3) is 0 Å². The van der Waals surface area contributed by atoms with Gasteiger partial charge >= 0.3 is 0 Å². The van der Waals surface area contributed by atoms with Gasteiger partial charge in [0.2, 0.25) is 5.88 Å². The predicted octanol–water partition coefficient (Wildman–Crippen LogP) is 3.74. The van der Waals surface area contributed by atoms with E-state index in [4.69, 9.17) is 4.74 Å². The number of ether oxygens (including phenoxy) is 1. The third-order valence-electron chi connectivity index (χ3n) is 4.73. The summed E-state index contributed by atoms with van der Waals surface area (Å²) in [6.07, 6.45) is 9.40. The van der Waals surface area contributed by atoms with Crippen LogP contribution in [0.15, 0.2) is 12.4 Å². The van der Waals surface area contributed by atoms with Crippen molar-refractivity contribution >= 4 is 0 Å². The van der Waals surface area contributed by atoms with Crippen LogP contribution in [-0.4, -0.2) is 23.6 Å². The Balaban J connectivity index is 2.23. The lowest BCUT2D eigenvalue weighted by Gasteiger charge is -2.37. The quantitative estimate of drug-likeness (QED) is 0.831. The Hall–Kier alpha value is -1.16. The molecule has 1 N–H and O–H groups in total. The fourth-order valence-corrected chi connectivity index (χ4v) is 3.59. The van der Waals surface area contributed by atoms with Gasteiger partial charge in [-0.05, 0) is 31.2 Å². The van der Waals surface area contributed by atoms with Crippen LogP contribution in [0.2, 0.25) is 0 Å². The molecule has 0 bridgehead atoms. The molecule has 1 aliphatic rings. The molecule has 0 radical (unpaired) electrons. The van der Waals surface area contributed by atoms with E-state index in [0.717, 1.165) is 24.6 Å². The Morgan fingerprint density at radius 3 is 2.81 bits per heavy atom. The zero-order valence-electron chi connectivity index (χ0n) is 13.6. The summed E-state index contributed by atoms with van der Waals surface area (Å²) in [5.41, 5.74) is 1.08. The average molecular weight is 291 g/mol. The molecule has 1 heterocycles. The van der Waals surface area contributed by atoms with Crippen LogP contribution in [0.5, 0.6) is 5.88 Å². The van der Waals surface area contributed by atoms with E-state index >= 15 is 0 Å². The molecule has 1 saturated carbocycles. The van der Waals surface area contributed by atoms with Crippen molar-refractivity contribution in [2.75, 3.05) is 13.7 Å². The van der Waals surface area contributed by atoms with Crippen LogP contribution in [0.3, 0.4) is 0 Å². The van der Waals surface area contributed by atoms with E-state index in [1.165, 1.54) is 32.1 Å². The standard InChI is InChI=1S/C17H29N3O/c1-4-10-18-17(14-9-7-6-8-13(14)5-2)15-11-16(21-3)20-12-19-15/h11-14,17-18H,4-10H2,1-3H3. The normalized spacial score (nSPS) is 23.8. The molecule has 0 saturated heterocycles. The van der Waals surface area contributed by atoms with E-state index < -0.39 is 0 Å². The third kappa shape index (κ3) is 4.16. The zero-order valence-corrected chi connectivity index (χ0v) is 13.6. The van der Waals surface area contributed by atoms with Crippen molar-refractivity contribution in [1.29, 1.82) is 0 Å². The van der Waals surface area contributed by atoms with Gasteiger partial charge in [0.05, 0.1) is 18.8 Å². The monoisotopic (exact) mass is 291 g/mol. The van der Waals surface area contributed by atoms with Gasteiger partial charge in [-0.2, -0.15) is 0 Å². The SMILES string of the molecule is CCCNC(c1cc(OC)ncn1)C1CCCCC1CC. The average Bonchev–Trinajstić information content (AvgIpc) is 2.56. The molecule has 1 fully saturated rings. The molecular weight excluding hydrogens is 262 g/mol. The Morgan fingerprint density at radius 2 is 2.10 bits per heavy atom. The molecule has 4 heteroatoms. The molecule has 0 spiro atoms. The van der Waals surface area contributed by atoms with Crippen molar-refractivity contribution < 1.29 is 4.74 Å². The lowest BCUT2D eigenvalue weighted by atomic mass is 9.73. The van der Waals surface area contributed by atoms with Crippen LogP contribution >= 0.6 is 0 Å². The number of hydrogen-bond donors (Lipinski definition) is 1. The van der Waals surface area contributed by atoms with E-state index in [0.29, 0.717) is 17.8 Å². The smallest absolute Gasteiger partial charge is 0.216 e. The van der Waals surface area contributed by atoms with E-state index in [1.54, 1.807) is 13.4 Å². The van der Waals surface area contributed by atoms with Crippen LogP contribution in [-0.2, 0) is 0 Å². The van der Waals surface area contributed by atoms with Crippen LogP contribution < -0.4 is 10.1 Å². The minimum Gasteiger partial charge on any atom is -0.481 e. The molecule has 1 aromatic heterocycles. The summed E-state index contributed by atoms with van der Waals surface area (Å²) < 4.78 is 5.27. The number of methoxy groups -OCH3 is 1. The van der Waals surface area contributed by atoms with Crippen molar-refractivity contribution in [3.63, 3.8) is 0 Å². The van der Waals surface area contributed by atoms with E-state index in [1.807, 2.05) is 6.07 Å². The first-order chi connectivity index (χ1) is 10.3. The summed E-state index contributed by atoms with van der Waals surface area (Å²) in [4.78, 5) is 8.67. The molecule has 1 aromatic rings. The van der Waals surface area contributed by atoms with E-state index in [-0.39, 0.29) is 0 Å². The van der Waals surface area contributed by atoms with E-state index in [9.17, 15) is 0 Å². The van der Waals surface area contributed by atoms with Gasteiger partial charge in [0, 0.05) is 6.07 Å². The van der Waals surface area contributed by atoms with Gasteiger partial charge in [0.25, 0.3) is 0 Å². The Labute approximate surface area is 128 Å². The fourth-order valence-electron chi connectivity index (χ4n) is 3.59. The second kappa shape index (κ2) is 8.32. The van der Waals surface area contributed by atoms with E-state index in [2.05, 4.69) is 29.1 Å². The number of hydrogen-bond acceptors (Lipinski definition) is 4. The minimum atomic E-state index is 0.326. The van der Waals surface area contributed by atoms with Gasteiger partial charge < -0.3 is 10.1 Å². The molecule has 118 valence electrons. The first kappa shape index (κ1) is 16.2. The first-order valence-corrected chi connectivity index (χ1v) is 8.39. The maximum absolute atomic E-state index is 5.27. The summed E-state index contributed by atoms with van der Waals surface area (Å²) in [6, 6.07) is 2.32. The van der Waals surface area contributed by atoms with Crippen molar-refractivity contribution in [3.8, 4) is 5.88 Å². The Morgan fingerprint density at radius 1 is 1.29 bits per heavy atom. The van der Waals surface area contributed by atoms with Crippen molar-refractivity contribution in [2.24, 2.45) is 11.8 Å². The van der Waals surface area contributed by atoms with Crippen molar-refractivity contribution in [3.05, 3.63) is 18.1 Å². The Bertz CT molecular complexity index is 424. The summed E-state index contributed by atoms with van der Waals surface area (Å²) in [5.74, 6) is 2.14. The molecule has 2 rings (SSSR count). The summed E-state index contributed by atoms with van der Waals surface area (Å²) in [5, 5.41) is 3.73. The molecular formula is C17H29N3O. The predicted molar refractivity (Wildman–Crippen MR) is 85.4 cm³/mol. The lowest BCUT2D eigenvalue weighted by molar-refractivity contribution is 0.173. The lowest BCUT2D eigenvalue weighted by Crippen LogP contribution is -2.35. The Kier molecular flexibility index (Phi) is 6.43. The summed E-state index contributed by atoms with van der Waals surface area (Å²) >= 11 is 0. The highest BCUT2D eigenvalue weighted by Gasteiger charge is 2.32. The van der Waals surface area contributed by atoms with Crippen molar-refractivity contribution in [1.82, 2.24) is 15.3 Å². The van der Waals surface area contributed by atoms with Gasteiger partial charge in [-0.1, -0.05) is 39.5 Å². The molecule has 3 atom stereocenters. The third-order valence-corrected chi connectivity index (χ3v) is 4.73. The van der Waals surface area contributed by atoms with Gasteiger partial charge in [0.1, 0.15) is 6.33 Å². The number of rotatable bonds is 7. The fraction of sp³-hybridized carbons (Fsp3) is 0.765. The van der Waals surface area contributed by atoms with Gasteiger partial charge in [-0.3, -0.25) is 0 Å². The minimum absolute atomic E-state index is 0.326. The zero-order chi connectivity index (χ0) is 15.1. The molecule has 0 aromatic carbocycles. The molecule has 0 amide bonds. The molecule has 0 aliphatic heterocycles. The van der Waals surface area contributed by atoms with Crippen LogP contribution in [0, 0.1) is 11.8 Å². The second-order valence-corrected chi connectivity index (χ2v) is 6.03. The molecule has 1 aliphatic carbocycles. The number of aromatic nitrogens is 2. The summed E-state index contributed by atoms with van der Waals surface area (Å²) in [6.45, 7) is 5.56. The molecule has 4 nitrogen and oxygen atoms in total. The van der Waals surface area contributed by atoms with Gasteiger partial charge in [-0.15, -0.1) is 0 Å². The van der Waals surface area contributed by atoms with Crippen molar-refractivity contribution in [2.45, 2.75) is 58.4 Å². The maximum atomic E-state index is 5.27. The van der Waals surface area contributed by atoms with Gasteiger partial charge in [-0.25, -0.2) is 9.97 Å². The topological polar surface area (TPSA) is 47.0 Å². The largest absolute Gasteiger partial charge is 0.481 e. The highest BCUT2D eigenvalue weighted by molar-refractivity contribution is 5.17. The van der Waals surface area contributed by atoms with Crippen LogP contribution in [0.4, 0.5) is 0 Å². The highest BCUT2D eigenvalue weighted by atomic mass is 16.5. The molecule has 3 unspecified atom stereocenters. The van der Waals surface area contributed by atoms with Crippen LogP contribution in [0.1, 0.15) is 64.1 Å².